The molecule has 158 valence electrons. The predicted molar refractivity (Wildman–Crippen MR) is 101 cm³/mol. The number of β-lactam (4-membered cyclic amide) rings is 1. The van der Waals surface area contributed by atoms with Crippen LogP contribution in [0, 0.1) is 0 Å². The number of nitrogens with zero attached hydrogens (tertiary/aromatic N) is 5. The summed E-state index contributed by atoms with van der Waals surface area (Å²) in [6, 6.07) is -0.981. The van der Waals surface area contributed by atoms with Gasteiger partial charge in [-0.05, 0) is 16.0 Å². The number of carbonyl (C=O) groups is 3. The Kier molecular flexibility index (Phi) is 8.37. The molecule has 2 amide bonds. The Balaban J connectivity index is 0.00000320. The van der Waals surface area contributed by atoms with Crippen molar-refractivity contribution in [1.82, 2.24) is 30.4 Å². The first-order valence-corrected chi connectivity index (χ1v) is 12.2. The zero-order valence-corrected chi connectivity index (χ0v) is 20.8. The second-order valence-electron chi connectivity index (χ2n) is 6.24. The molecule has 1 saturated heterocycles. The molecule has 0 unspecified atom stereocenters. The third-order valence-electron chi connectivity index (χ3n) is 4.30. The molecule has 1 fully saturated rings. The number of carboxylic acid groups (broad SMARTS) is 1. The number of nitrogens with one attached hydrogen (secondary N) is 1. The Morgan fingerprint density at radius 2 is 2.10 bits per heavy atom. The number of hydrogen-bond donors (Lipinski definition) is 1. The number of rotatable bonds is 8. The van der Waals surface area contributed by atoms with Gasteiger partial charge in [0.25, 0.3) is 5.91 Å². The summed E-state index contributed by atoms with van der Waals surface area (Å²) in [6.45, 7) is 1.42. The van der Waals surface area contributed by atoms with Crippen LogP contribution < -0.4 is 40.0 Å². The average Bonchev–Trinajstić information content (AvgIpc) is 3.07. The molecule has 1 N–H and O–H groups in total. The number of carbonyl (C=O) groups excluding carboxylic acids is 3. The van der Waals surface area contributed by atoms with Crippen LogP contribution in [0.5, 0.6) is 0 Å². The van der Waals surface area contributed by atoms with Crippen LogP contribution >= 0.6 is 23.5 Å². The van der Waals surface area contributed by atoms with E-state index in [1.807, 2.05) is 0 Å². The largest absolute Gasteiger partial charge is 1.00 e. The maximum atomic E-state index is 12.5. The van der Waals surface area contributed by atoms with Gasteiger partial charge in [0, 0.05) is 24.3 Å². The maximum Gasteiger partial charge on any atom is 1.00 e. The molecule has 2 aliphatic rings. The molecule has 0 spiro atoms. The summed E-state index contributed by atoms with van der Waals surface area (Å²) in [6.07, 6.45) is 0. The number of aryl methyl sites for hydroxylation is 1. The van der Waals surface area contributed by atoms with Crippen LogP contribution in [0.1, 0.15) is 6.92 Å². The van der Waals surface area contributed by atoms with Crippen molar-refractivity contribution < 1.29 is 57.5 Å². The van der Waals surface area contributed by atoms with E-state index in [0.717, 1.165) is 4.90 Å². The molecular weight excluding hydrogens is 467 g/mol. The van der Waals surface area contributed by atoms with E-state index in [1.165, 1.54) is 35.1 Å². The minimum Gasteiger partial charge on any atom is -0.543 e. The monoisotopic (exact) mass is 484 g/mol. The van der Waals surface area contributed by atoms with Crippen molar-refractivity contribution in [1.29, 1.82) is 0 Å². The molecule has 0 saturated carbocycles. The van der Waals surface area contributed by atoms with Gasteiger partial charge in [-0.15, -0.1) is 16.9 Å². The first-order chi connectivity index (χ1) is 13.6. The first kappa shape index (κ1) is 25.1. The number of fused-ring (bicyclic) bond motifs is 1. The van der Waals surface area contributed by atoms with Crippen LogP contribution in [0.25, 0.3) is 0 Å². The van der Waals surface area contributed by atoms with Gasteiger partial charge in [0.05, 0.1) is 11.7 Å². The Hall–Kier alpha value is -1.13. The fourth-order valence-electron chi connectivity index (χ4n) is 2.79. The number of hydrogen-bond acceptors (Lipinski definition) is 11. The second kappa shape index (κ2) is 9.99. The number of aliphatic carboxylic acids is 1. The van der Waals surface area contributed by atoms with Crippen LogP contribution in [0.15, 0.2) is 16.4 Å². The van der Waals surface area contributed by atoms with Gasteiger partial charge >= 0.3 is 29.6 Å². The zero-order valence-electron chi connectivity index (χ0n) is 16.4. The van der Waals surface area contributed by atoms with Crippen LogP contribution in [0.4, 0.5) is 0 Å². The number of amides is 2. The molecule has 2 atom stereocenters. The molecule has 1 aromatic rings. The van der Waals surface area contributed by atoms with E-state index in [9.17, 15) is 27.9 Å². The molecule has 0 aliphatic carbocycles. The van der Waals surface area contributed by atoms with E-state index in [-0.39, 0.29) is 46.8 Å². The van der Waals surface area contributed by atoms with E-state index in [1.54, 1.807) is 7.05 Å². The minimum absolute atomic E-state index is 0. The molecule has 30 heavy (non-hydrogen) atoms. The SMILES string of the molecule is CCS(=O)(=O)CC(=O)N[C@@H]1C(=O)N2C(C(=O)[O-])=C(CSc3nnnn3C)CS[C@H]12.[Na+]. The van der Waals surface area contributed by atoms with Gasteiger partial charge in [0.15, 0.2) is 9.84 Å². The quantitative estimate of drug-likeness (QED) is 0.212. The summed E-state index contributed by atoms with van der Waals surface area (Å²) >= 11 is 2.50. The standard InChI is InChI=1S/C14H18N6O6S3.Na/c1-3-29(25,26)6-8(21)15-9-11(22)20-10(13(23)24)7(4-27-12(9)20)5-28-14-16-17-18-19(14)2;/h9,12H,3-6H2,1-2H3,(H,15,21)(H,23,24);/q;+1/p-1/t9-,12-;/m1./s1. The van der Waals surface area contributed by atoms with Crippen LogP contribution in [0.3, 0.4) is 0 Å². The van der Waals surface area contributed by atoms with Crippen molar-refractivity contribution in [3.05, 3.63) is 11.3 Å². The molecule has 3 rings (SSSR count). The summed E-state index contributed by atoms with van der Waals surface area (Å²) in [5.74, 6) is -3.27. The fraction of sp³-hybridized carbons (Fsp3) is 0.571. The summed E-state index contributed by atoms with van der Waals surface area (Å²) in [5, 5.41) is 24.9. The van der Waals surface area contributed by atoms with Gasteiger partial charge in [-0.3, -0.25) is 14.5 Å². The van der Waals surface area contributed by atoms with Crippen LogP contribution in [-0.2, 0) is 31.3 Å². The molecule has 3 heterocycles. The van der Waals surface area contributed by atoms with Crippen molar-refractivity contribution in [2.45, 2.75) is 23.5 Å². The minimum atomic E-state index is -3.54. The van der Waals surface area contributed by atoms with Gasteiger partial charge in [0.1, 0.15) is 17.2 Å². The molecule has 0 radical (unpaired) electrons. The Morgan fingerprint density at radius 1 is 1.40 bits per heavy atom. The van der Waals surface area contributed by atoms with E-state index in [0.29, 0.717) is 16.5 Å². The summed E-state index contributed by atoms with van der Waals surface area (Å²) in [5.41, 5.74) is 0.249. The van der Waals surface area contributed by atoms with Crippen molar-refractivity contribution in [2.24, 2.45) is 7.05 Å². The van der Waals surface area contributed by atoms with Gasteiger partial charge in [-0.25, -0.2) is 13.1 Å². The third kappa shape index (κ3) is 5.19. The van der Waals surface area contributed by atoms with Gasteiger partial charge in [-0.2, -0.15) is 0 Å². The molecule has 2 aliphatic heterocycles. The Labute approximate surface area is 202 Å². The topological polar surface area (TPSA) is 167 Å². The molecule has 1 aromatic heterocycles. The number of tetrazole rings is 1. The number of carboxylic acids is 1. The fourth-order valence-corrected chi connectivity index (χ4v) is 5.82. The maximum absolute atomic E-state index is 12.5. The van der Waals surface area contributed by atoms with Crippen molar-refractivity contribution in [2.75, 3.05) is 23.0 Å². The van der Waals surface area contributed by atoms with Gasteiger partial charge in [-0.1, -0.05) is 18.7 Å². The van der Waals surface area contributed by atoms with Crippen LogP contribution in [-0.4, -0.2) is 85.7 Å². The van der Waals surface area contributed by atoms with Crippen molar-refractivity contribution in [3.63, 3.8) is 0 Å². The smallest absolute Gasteiger partial charge is 0.543 e. The van der Waals surface area contributed by atoms with E-state index < -0.39 is 44.8 Å². The average molecular weight is 485 g/mol. The van der Waals surface area contributed by atoms with Crippen molar-refractivity contribution in [3.8, 4) is 0 Å². The van der Waals surface area contributed by atoms with E-state index in [2.05, 4.69) is 20.8 Å². The zero-order chi connectivity index (χ0) is 21.3. The normalized spacial score (nSPS) is 20.9. The van der Waals surface area contributed by atoms with Crippen LogP contribution in [0.2, 0.25) is 0 Å². The number of thioether (sulfide) groups is 2. The van der Waals surface area contributed by atoms with E-state index >= 15 is 0 Å². The number of sulfone groups is 1. The van der Waals surface area contributed by atoms with E-state index in [4.69, 9.17) is 0 Å². The molecule has 0 bridgehead atoms. The summed E-state index contributed by atoms with van der Waals surface area (Å²) in [4.78, 5) is 37.2. The van der Waals surface area contributed by atoms with Gasteiger partial charge < -0.3 is 15.2 Å². The Morgan fingerprint density at radius 3 is 2.67 bits per heavy atom. The molecule has 12 nitrogen and oxygen atoms in total. The third-order valence-corrected chi connectivity index (χ3v) is 8.32. The second-order valence-corrected chi connectivity index (χ2v) is 10.6. The molecule has 0 aromatic carbocycles. The first-order valence-electron chi connectivity index (χ1n) is 8.37. The Bertz CT molecular complexity index is 996. The van der Waals surface area contributed by atoms with Gasteiger partial charge in [0.2, 0.25) is 11.1 Å². The molecule has 16 heteroatoms. The van der Waals surface area contributed by atoms with Crippen molar-refractivity contribution >= 4 is 51.1 Å². The number of aromatic nitrogens is 4. The predicted octanol–water partition coefficient (Wildman–Crippen LogP) is -5.86. The molecular formula is C14H17N6NaO6S3. The summed E-state index contributed by atoms with van der Waals surface area (Å²) in [7, 11) is -1.89. The summed E-state index contributed by atoms with van der Waals surface area (Å²) < 4.78 is 24.6.